The van der Waals surface area contributed by atoms with E-state index in [0.717, 1.165) is 43.0 Å². The Morgan fingerprint density at radius 1 is 1.15 bits per heavy atom. The van der Waals surface area contributed by atoms with Crippen molar-refractivity contribution in [3.05, 3.63) is 17.8 Å². The maximum Gasteiger partial charge on any atom is 0.151 e. The van der Waals surface area contributed by atoms with Crippen LogP contribution in [0.2, 0.25) is 0 Å². The number of piperidine rings is 1. The predicted molar refractivity (Wildman–Crippen MR) is 81.7 cm³/mol. The number of fused-ring (bicyclic) bond motifs is 1. The van der Waals surface area contributed by atoms with Crippen LogP contribution < -0.4 is 10.2 Å². The first-order valence-corrected chi connectivity index (χ1v) is 8.15. The maximum atomic E-state index is 4.43. The Balaban J connectivity index is 1.61. The van der Waals surface area contributed by atoms with Crippen LogP contribution in [0.15, 0.2) is 12.1 Å². The molecule has 2 fully saturated rings. The Bertz CT molecular complexity index is 417. The molecule has 1 saturated heterocycles. The first-order valence-electron chi connectivity index (χ1n) is 8.15. The molecule has 0 amide bonds. The molecule has 4 heteroatoms. The fourth-order valence-corrected chi connectivity index (χ4v) is 3.68. The van der Waals surface area contributed by atoms with E-state index in [1.165, 1.54) is 38.6 Å². The molecule has 0 bridgehead atoms. The summed E-state index contributed by atoms with van der Waals surface area (Å²) in [7, 11) is 0. The highest BCUT2D eigenvalue weighted by Crippen LogP contribution is 2.36. The van der Waals surface area contributed by atoms with E-state index in [1.807, 2.05) is 0 Å². The van der Waals surface area contributed by atoms with Crippen LogP contribution in [0.5, 0.6) is 0 Å². The fourth-order valence-electron chi connectivity index (χ4n) is 3.68. The number of hydrogen-bond donors (Lipinski definition) is 1. The van der Waals surface area contributed by atoms with Crippen LogP contribution in [0, 0.1) is 11.8 Å². The lowest BCUT2D eigenvalue weighted by Crippen LogP contribution is -2.42. The van der Waals surface area contributed by atoms with Crippen LogP contribution >= 0.6 is 0 Å². The van der Waals surface area contributed by atoms with Gasteiger partial charge in [0.2, 0.25) is 0 Å². The summed E-state index contributed by atoms with van der Waals surface area (Å²) in [4.78, 5) is 2.44. The molecule has 1 aromatic heterocycles. The molecule has 2 aliphatic rings. The monoisotopic (exact) mass is 274 g/mol. The molecule has 2 unspecified atom stereocenters. The van der Waals surface area contributed by atoms with Gasteiger partial charge in [0, 0.05) is 19.6 Å². The standard InChI is InChI=1S/C16H26N4/c1-2-17-11-15-7-8-16(19-18-15)20-10-9-13-5-3-4-6-14(13)12-20/h7-8,13-14,17H,2-6,9-12H2,1H3. The lowest BCUT2D eigenvalue weighted by Gasteiger charge is -2.41. The normalized spacial score (nSPS) is 26.4. The molecule has 1 aliphatic heterocycles. The van der Waals surface area contributed by atoms with E-state index in [0.29, 0.717) is 0 Å². The van der Waals surface area contributed by atoms with Crippen LogP contribution in [0.4, 0.5) is 5.82 Å². The van der Waals surface area contributed by atoms with E-state index >= 15 is 0 Å². The van der Waals surface area contributed by atoms with Gasteiger partial charge >= 0.3 is 0 Å². The minimum Gasteiger partial charge on any atom is -0.355 e. The van der Waals surface area contributed by atoms with E-state index in [1.54, 1.807) is 0 Å². The molecule has 1 aromatic rings. The Hall–Kier alpha value is -1.16. The summed E-state index contributed by atoms with van der Waals surface area (Å²) in [5, 5.41) is 12.1. The summed E-state index contributed by atoms with van der Waals surface area (Å²) in [5.41, 5.74) is 1.03. The summed E-state index contributed by atoms with van der Waals surface area (Å²) in [6.07, 6.45) is 7.06. The first kappa shape index (κ1) is 13.8. The second-order valence-electron chi connectivity index (χ2n) is 6.20. The molecule has 1 saturated carbocycles. The number of anilines is 1. The summed E-state index contributed by atoms with van der Waals surface area (Å²) in [6.45, 7) is 6.23. The van der Waals surface area contributed by atoms with Crippen molar-refractivity contribution in [2.45, 2.75) is 45.6 Å². The highest BCUT2D eigenvalue weighted by molar-refractivity contribution is 5.38. The zero-order chi connectivity index (χ0) is 13.8. The Kier molecular flexibility index (Phi) is 4.51. The molecule has 1 N–H and O–H groups in total. The van der Waals surface area contributed by atoms with Crippen LogP contribution in [-0.4, -0.2) is 29.8 Å². The molecule has 2 heterocycles. The van der Waals surface area contributed by atoms with Gasteiger partial charge in [-0.3, -0.25) is 0 Å². The molecule has 20 heavy (non-hydrogen) atoms. The molecular formula is C16H26N4. The summed E-state index contributed by atoms with van der Waals surface area (Å²) >= 11 is 0. The van der Waals surface area contributed by atoms with Crippen molar-refractivity contribution < 1.29 is 0 Å². The molecule has 4 nitrogen and oxygen atoms in total. The van der Waals surface area contributed by atoms with Gasteiger partial charge in [-0.1, -0.05) is 26.2 Å². The van der Waals surface area contributed by atoms with Gasteiger partial charge in [0.15, 0.2) is 5.82 Å². The van der Waals surface area contributed by atoms with Gasteiger partial charge in [0.05, 0.1) is 5.69 Å². The second kappa shape index (κ2) is 6.53. The minimum atomic E-state index is 0.814. The zero-order valence-electron chi connectivity index (χ0n) is 12.5. The van der Waals surface area contributed by atoms with Gasteiger partial charge in [-0.15, -0.1) is 5.10 Å². The number of nitrogens with zero attached hydrogens (tertiary/aromatic N) is 3. The van der Waals surface area contributed by atoms with Crippen molar-refractivity contribution in [1.82, 2.24) is 15.5 Å². The van der Waals surface area contributed by atoms with Crippen molar-refractivity contribution in [2.75, 3.05) is 24.5 Å². The average molecular weight is 274 g/mol. The van der Waals surface area contributed by atoms with Gasteiger partial charge in [0.1, 0.15) is 0 Å². The lowest BCUT2D eigenvalue weighted by molar-refractivity contribution is 0.202. The van der Waals surface area contributed by atoms with Crippen LogP contribution in [0.25, 0.3) is 0 Å². The van der Waals surface area contributed by atoms with Gasteiger partial charge in [0.25, 0.3) is 0 Å². The molecule has 0 radical (unpaired) electrons. The Morgan fingerprint density at radius 3 is 2.75 bits per heavy atom. The smallest absolute Gasteiger partial charge is 0.151 e. The predicted octanol–water partition coefficient (Wildman–Crippen LogP) is 2.60. The highest BCUT2D eigenvalue weighted by Gasteiger charge is 2.31. The molecule has 110 valence electrons. The van der Waals surface area contributed by atoms with Crippen molar-refractivity contribution in [1.29, 1.82) is 0 Å². The van der Waals surface area contributed by atoms with Crippen molar-refractivity contribution in [3.63, 3.8) is 0 Å². The summed E-state index contributed by atoms with van der Waals surface area (Å²) in [6, 6.07) is 4.25. The van der Waals surface area contributed by atoms with Crippen molar-refractivity contribution in [3.8, 4) is 0 Å². The van der Waals surface area contributed by atoms with E-state index in [-0.39, 0.29) is 0 Å². The topological polar surface area (TPSA) is 41.0 Å². The quantitative estimate of drug-likeness (QED) is 0.916. The molecule has 0 spiro atoms. The first-order chi connectivity index (χ1) is 9.86. The second-order valence-corrected chi connectivity index (χ2v) is 6.20. The molecule has 3 rings (SSSR count). The van der Waals surface area contributed by atoms with E-state index in [2.05, 4.69) is 39.5 Å². The van der Waals surface area contributed by atoms with Gasteiger partial charge < -0.3 is 10.2 Å². The molecule has 1 aliphatic carbocycles. The van der Waals surface area contributed by atoms with Crippen LogP contribution in [0.3, 0.4) is 0 Å². The number of aromatic nitrogens is 2. The molecular weight excluding hydrogens is 248 g/mol. The third-order valence-corrected chi connectivity index (χ3v) is 4.88. The molecule has 0 aromatic carbocycles. The Morgan fingerprint density at radius 2 is 2.00 bits per heavy atom. The largest absolute Gasteiger partial charge is 0.355 e. The molecule has 2 atom stereocenters. The summed E-state index contributed by atoms with van der Waals surface area (Å²) in [5.74, 6) is 2.93. The zero-order valence-corrected chi connectivity index (χ0v) is 12.5. The van der Waals surface area contributed by atoms with E-state index in [9.17, 15) is 0 Å². The van der Waals surface area contributed by atoms with E-state index in [4.69, 9.17) is 0 Å². The van der Waals surface area contributed by atoms with Crippen LogP contribution in [-0.2, 0) is 6.54 Å². The number of nitrogens with one attached hydrogen (secondary N) is 1. The third-order valence-electron chi connectivity index (χ3n) is 4.88. The van der Waals surface area contributed by atoms with E-state index < -0.39 is 0 Å². The minimum absolute atomic E-state index is 0.814. The van der Waals surface area contributed by atoms with Gasteiger partial charge in [-0.25, -0.2) is 0 Å². The van der Waals surface area contributed by atoms with Crippen LogP contribution in [0.1, 0.15) is 44.7 Å². The summed E-state index contributed by atoms with van der Waals surface area (Å²) < 4.78 is 0. The van der Waals surface area contributed by atoms with Gasteiger partial charge in [-0.2, -0.15) is 5.10 Å². The Labute approximate surface area is 122 Å². The number of rotatable bonds is 4. The van der Waals surface area contributed by atoms with Gasteiger partial charge in [-0.05, 0) is 43.4 Å². The fraction of sp³-hybridized carbons (Fsp3) is 0.750. The maximum absolute atomic E-state index is 4.43. The SMILES string of the molecule is CCNCc1ccc(N2CCC3CCCCC3C2)nn1. The average Bonchev–Trinajstić information content (AvgIpc) is 2.53. The lowest BCUT2D eigenvalue weighted by atomic mass is 9.75. The third kappa shape index (κ3) is 3.11. The number of hydrogen-bond acceptors (Lipinski definition) is 4. The van der Waals surface area contributed by atoms with Crippen molar-refractivity contribution >= 4 is 5.82 Å². The highest BCUT2D eigenvalue weighted by atomic mass is 15.3. The van der Waals surface area contributed by atoms with Crippen molar-refractivity contribution in [2.24, 2.45) is 11.8 Å².